The molecule has 3 nitrogen and oxygen atoms in total. The van der Waals surface area contributed by atoms with E-state index in [2.05, 4.69) is 5.32 Å². The SMILES string of the molecule is CC1CNCCN1C(=O)C1CC1c1ccc(C(F)(F)F)cc1.Cl. The van der Waals surface area contributed by atoms with E-state index in [9.17, 15) is 18.0 Å². The zero-order valence-corrected chi connectivity index (χ0v) is 13.6. The Balaban J connectivity index is 0.00000192. The second-order valence-corrected chi connectivity index (χ2v) is 6.15. The Hall–Kier alpha value is -1.27. The number of amides is 1. The normalized spacial score (nSPS) is 27.3. The van der Waals surface area contributed by atoms with Gasteiger partial charge in [0.2, 0.25) is 5.91 Å². The monoisotopic (exact) mass is 348 g/mol. The molecule has 0 aromatic heterocycles. The van der Waals surface area contributed by atoms with Crippen molar-refractivity contribution < 1.29 is 18.0 Å². The molecule has 23 heavy (non-hydrogen) atoms. The van der Waals surface area contributed by atoms with E-state index < -0.39 is 11.7 Å². The molecule has 1 aromatic rings. The van der Waals surface area contributed by atoms with E-state index in [1.165, 1.54) is 12.1 Å². The number of nitrogens with zero attached hydrogens (tertiary/aromatic N) is 1. The number of rotatable bonds is 2. The highest BCUT2D eigenvalue weighted by Crippen LogP contribution is 2.49. The highest BCUT2D eigenvalue weighted by atomic mass is 35.5. The fourth-order valence-corrected chi connectivity index (χ4v) is 3.14. The van der Waals surface area contributed by atoms with E-state index in [0.29, 0.717) is 6.54 Å². The van der Waals surface area contributed by atoms with E-state index in [-0.39, 0.29) is 36.2 Å². The van der Waals surface area contributed by atoms with Crippen LogP contribution in [0.2, 0.25) is 0 Å². The van der Waals surface area contributed by atoms with Crippen LogP contribution in [0, 0.1) is 5.92 Å². The van der Waals surface area contributed by atoms with Crippen LogP contribution in [0.25, 0.3) is 0 Å². The average Bonchev–Trinajstić information content (AvgIpc) is 3.27. The number of carbonyl (C=O) groups is 1. The smallest absolute Gasteiger partial charge is 0.337 e. The minimum absolute atomic E-state index is 0. The average molecular weight is 349 g/mol. The van der Waals surface area contributed by atoms with E-state index in [1.54, 1.807) is 0 Å². The number of hydrogen-bond donors (Lipinski definition) is 1. The second kappa shape index (κ2) is 6.69. The van der Waals surface area contributed by atoms with Gasteiger partial charge in [0.25, 0.3) is 0 Å². The quantitative estimate of drug-likeness (QED) is 0.891. The Bertz CT molecular complexity index is 561. The Kier molecular flexibility index (Phi) is 5.26. The van der Waals surface area contributed by atoms with Crippen molar-refractivity contribution in [2.24, 2.45) is 5.92 Å². The number of halogens is 4. The molecule has 1 saturated heterocycles. The summed E-state index contributed by atoms with van der Waals surface area (Å²) in [5.41, 5.74) is 0.185. The molecule has 2 aliphatic rings. The third kappa shape index (κ3) is 3.80. The molecule has 1 saturated carbocycles. The molecule has 3 rings (SSSR count). The van der Waals surface area contributed by atoms with Crippen LogP contribution in [0.1, 0.15) is 30.4 Å². The summed E-state index contributed by atoms with van der Waals surface area (Å²) in [4.78, 5) is 14.4. The zero-order chi connectivity index (χ0) is 15.9. The van der Waals surface area contributed by atoms with E-state index in [1.807, 2.05) is 11.8 Å². The first-order valence-electron chi connectivity index (χ1n) is 7.56. The molecule has 1 aliphatic carbocycles. The molecular formula is C16H20ClF3N2O. The van der Waals surface area contributed by atoms with Gasteiger partial charge in [-0.05, 0) is 37.0 Å². The van der Waals surface area contributed by atoms with Crippen molar-refractivity contribution in [1.29, 1.82) is 0 Å². The summed E-state index contributed by atoms with van der Waals surface area (Å²) >= 11 is 0. The van der Waals surface area contributed by atoms with Gasteiger partial charge in [0, 0.05) is 31.6 Å². The highest BCUT2D eigenvalue weighted by molar-refractivity contribution is 5.85. The first-order valence-corrected chi connectivity index (χ1v) is 7.56. The Labute approximate surface area is 139 Å². The van der Waals surface area contributed by atoms with Crippen LogP contribution in [-0.4, -0.2) is 36.5 Å². The maximum Gasteiger partial charge on any atom is 0.416 e. The van der Waals surface area contributed by atoms with Gasteiger partial charge < -0.3 is 10.2 Å². The predicted octanol–water partition coefficient (Wildman–Crippen LogP) is 3.05. The van der Waals surface area contributed by atoms with Gasteiger partial charge in [-0.1, -0.05) is 12.1 Å². The number of hydrogen-bond acceptors (Lipinski definition) is 2. The van der Waals surface area contributed by atoms with Crippen molar-refractivity contribution in [2.75, 3.05) is 19.6 Å². The Morgan fingerprint density at radius 1 is 1.26 bits per heavy atom. The summed E-state index contributed by atoms with van der Waals surface area (Å²) in [7, 11) is 0. The predicted molar refractivity (Wildman–Crippen MR) is 83.6 cm³/mol. The summed E-state index contributed by atoms with van der Waals surface area (Å²) in [6.45, 7) is 4.31. The second-order valence-electron chi connectivity index (χ2n) is 6.15. The van der Waals surface area contributed by atoms with Crippen LogP contribution in [0.3, 0.4) is 0 Å². The molecule has 0 bridgehead atoms. The highest BCUT2D eigenvalue weighted by Gasteiger charge is 2.46. The van der Waals surface area contributed by atoms with Gasteiger partial charge in [0.05, 0.1) is 5.56 Å². The van der Waals surface area contributed by atoms with Gasteiger partial charge in [-0.2, -0.15) is 13.2 Å². The van der Waals surface area contributed by atoms with Gasteiger partial charge in [0.15, 0.2) is 0 Å². The summed E-state index contributed by atoms with van der Waals surface area (Å²) in [6, 6.07) is 5.38. The Morgan fingerprint density at radius 2 is 1.91 bits per heavy atom. The molecule has 1 aliphatic heterocycles. The van der Waals surface area contributed by atoms with Crippen molar-refractivity contribution >= 4 is 18.3 Å². The summed E-state index contributed by atoms with van der Waals surface area (Å²) in [5.74, 6) is 0.132. The molecule has 3 atom stereocenters. The molecule has 128 valence electrons. The molecule has 7 heteroatoms. The van der Waals surface area contributed by atoms with Crippen LogP contribution in [0.4, 0.5) is 13.2 Å². The van der Waals surface area contributed by atoms with Crippen LogP contribution in [0.5, 0.6) is 0 Å². The molecule has 1 amide bonds. The topological polar surface area (TPSA) is 32.3 Å². The first kappa shape index (κ1) is 18.1. The lowest BCUT2D eigenvalue weighted by molar-refractivity contribution is -0.138. The molecule has 1 heterocycles. The number of benzene rings is 1. The number of nitrogens with one attached hydrogen (secondary N) is 1. The van der Waals surface area contributed by atoms with Gasteiger partial charge in [0.1, 0.15) is 0 Å². The summed E-state index contributed by atoms with van der Waals surface area (Å²) in [5, 5.41) is 3.24. The lowest BCUT2D eigenvalue weighted by atomic mass is 10.1. The summed E-state index contributed by atoms with van der Waals surface area (Å²) < 4.78 is 37.7. The van der Waals surface area contributed by atoms with Crippen LogP contribution < -0.4 is 5.32 Å². The van der Waals surface area contributed by atoms with Crippen LogP contribution in [0.15, 0.2) is 24.3 Å². The van der Waals surface area contributed by atoms with Crippen molar-refractivity contribution in [3.63, 3.8) is 0 Å². The van der Waals surface area contributed by atoms with Crippen LogP contribution >= 0.6 is 12.4 Å². The minimum atomic E-state index is -4.31. The number of carbonyl (C=O) groups excluding carboxylic acids is 1. The fourth-order valence-electron chi connectivity index (χ4n) is 3.14. The third-order valence-corrected chi connectivity index (χ3v) is 4.56. The lowest BCUT2D eigenvalue weighted by Crippen LogP contribution is -2.52. The largest absolute Gasteiger partial charge is 0.416 e. The maximum atomic E-state index is 12.6. The molecular weight excluding hydrogens is 329 g/mol. The van der Waals surface area contributed by atoms with E-state index in [0.717, 1.165) is 37.2 Å². The maximum absolute atomic E-state index is 12.6. The Morgan fingerprint density at radius 3 is 2.48 bits per heavy atom. The van der Waals surface area contributed by atoms with Crippen LogP contribution in [-0.2, 0) is 11.0 Å². The zero-order valence-electron chi connectivity index (χ0n) is 12.8. The van der Waals surface area contributed by atoms with Crippen molar-refractivity contribution in [1.82, 2.24) is 10.2 Å². The number of piperazine rings is 1. The summed E-state index contributed by atoms with van der Waals surface area (Å²) in [6.07, 6.45) is -3.58. The fraction of sp³-hybridized carbons (Fsp3) is 0.562. The standard InChI is InChI=1S/C16H19F3N2O.ClH/c1-10-9-20-6-7-21(10)15(22)14-8-13(14)11-2-4-12(5-3-11)16(17,18)19;/h2-5,10,13-14,20H,6-9H2,1H3;1H. The number of alkyl halides is 3. The van der Waals surface area contributed by atoms with Crippen molar-refractivity contribution in [2.45, 2.75) is 31.5 Å². The van der Waals surface area contributed by atoms with Gasteiger partial charge in [-0.3, -0.25) is 4.79 Å². The van der Waals surface area contributed by atoms with Crippen molar-refractivity contribution in [3.05, 3.63) is 35.4 Å². The first-order chi connectivity index (χ1) is 10.4. The molecule has 0 spiro atoms. The molecule has 0 radical (unpaired) electrons. The van der Waals surface area contributed by atoms with E-state index >= 15 is 0 Å². The molecule has 1 N–H and O–H groups in total. The van der Waals surface area contributed by atoms with Gasteiger partial charge in [-0.25, -0.2) is 0 Å². The van der Waals surface area contributed by atoms with E-state index in [4.69, 9.17) is 0 Å². The molecule has 3 unspecified atom stereocenters. The minimum Gasteiger partial charge on any atom is -0.337 e. The lowest BCUT2D eigenvalue weighted by Gasteiger charge is -2.34. The van der Waals surface area contributed by atoms with Crippen molar-refractivity contribution in [3.8, 4) is 0 Å². The molecule has 2 fully saturated rings. The third-order valence-electron chi connectivity index (χ3n) is 4.56. The molecule has 1 aromatic carbocycles. The van der Waals surface area contributed by atoms with Gasteiger partial charge in [-0.15, -0.1) is 12.4 Å². The van der Waals surface area contributed by atoms with Gasteiger partial charge >= 0.3 is 6.18 Å².